The number of aromatic nitrogens is 6. The Balaban J connectivity index is 1.49. The highest BCUT2D eigenvalue weighted by atomic mass is 19.1. The Morgan fingerprint density at radius 2 is 2.03 bits per heavy atom. The number of hydrogen-bond acceptors (Lipinski definition) is 8. The molecule has 0 unspecified atom stereocenters. The first-order chi connectivity index (χ1) is 15.9. The lowest BCUT2D eigenvalue weighted by molar-refractivity contribution is -0.384. The third-order valence-electron chi connectivity index (χ3n) is 5.06. The molecule has 0 fully saturated rings. The summed E-state index contributed by atoms with van der Waals surface area (Å²) in [5.41, 5.74) is 0.695. The van der Waals surface area contributed by atoms with Crippen LogP contribution in [0.1, 0.15) is 11.5 Å². The molecule has 0 N–H and O–H groups in total. The van der Waals surface area contributed by atoms with E-state index >= 15 is 0 Å². The van der Waals surface area contributed by atoms with Crippen molar-refractivity contribution < 1.29 is 13.8 Å². The van der Waals surface area contributed by atoms with Crippen molar-refractivity contribution in [2.45, 2.75) is 13.5 Å². The van der Waals surface area contributed by atoms with Gasteiger partial charge < -0.3 is 4.52 Å². The maximum atomic E-state index is 13.8. The van der Waals surface area contributed by atoms with Crippen LogP contribution in [0.25, 0.3) is 28.1 Å². The smallest absolute Gasteiger partial charge is 0.294 e. The van der Waals surface area contributed by atoms with E-state index in [1.165, 1.54) is 46.0 Å². The van der Waals surface area contributed by atoms with Gasteiger partial charge in [0.05, 0.1) is 11.1 Å². The van der Waals surface area contributed by atoms with Gasteiger partial charge in [0.1, 0.15) is 29.8 Å². The average Bonchev–Trinajstić information content (AvgIpc) is 3.45. The Morgan fingerprint density at radius 1 is 1.21 bits per heavy atom. The van der Waals surface area contributed by atoms with Crippen LogP contribution in [0.5, 0.6) is 0 Å². The second-order valence-corrected chi connectivity index (χ2v) is 7.19. The second-order valence-electron chi connectivity index (χ2n) is 7.19. The van der Waals surface area contributed by atoms with Crippen LogP contribution in [0.15, 0.2) is 64.3 Å². The normalized spacial score (nSPS) is 11.2. The molecule has 0 radical (unpaired) electrons. The molecule has 33 heavy (non-hydrogen) atoms. The minimum absolute atomic E-state index is 0.0697. The highest BCUT2D eigenvalue weighted by Gasteiger charge is 2.20. The molecule has 0 aliphatic carbocycles. The molecule has 0 spiro atoms. The summed E-state index contributed by atoms with van der Waals surface area (Å²) >= 11 is 0. The van der Waals surface area contributed by atoms with Crippen molar-refractivity contribution >= 4 is 16.7 Å². The zero-order valence-corrected chi connectivity index (χ0v) is 17.0. The molecule has 0 amide bonds. The minimum atomic E-state index is -0.531. The number of benzene rings is 2. The van der Waals surface area contributed by atoms with Crippen LogP contribution in [0.4, 0.5) is 10.1 Å². The molecular formula is C21H14FN7O4. The summed E-state index contributed by atoms with van der Waals surface area (Å²) in [6.07, 6.45) is 2.57. The SMILES string of the molecule is Cc1ccc(-c2noc(Cn3cnc4c(cnn4-c4ccccc4[N+](=O)[O-])c3=O)n2)cc1F. The number of para-hydroxylation sites is 2. The third kappa shape index (κ3) is 3.52. The standard InChI is InChI=1S/C21H14FN7O4/c1-12-6-7-13(8-15(12)22)19-25-18(33-26-19)10-27-11-23-20-14(21(27)30)9-24-28(20)16-4-2-3-5-17(16)29(31)32/h2-9,11H,10H2,1H3. The molecule has 0 saturated heterocycles. The highest BCUT2D eigenvalue weighted by molar-refractivity contribution is 5.76. The van der Waals surface area contributed by atoms with Crippen molar-refractivity contribution in [1.29, 1.82) is 0 Å². The van der Waals surface area contributed by atoms with Crippen LogP contribution < -0.4 is 5.56 Å². The lowest BCUT2D eigenvalue weighted by Gasteiger charge is -2.05. The van der Waals surface area contributed by atoms with E-state index in [9.17, 15) is 19.3 Å². The van der Waals surface area contributed by atoms with Crippen LogP contribution in [-0.2, 0) is 6.54 Å². The molecular weight excluding hydrogens is 433 g/mol. The predicted octanol–water partition coefficient (Wildman–Crippen LogP) is 3.04. The number of rotatable bonds is 5. The molecule has 2 aromatic carbocycles. The Kier molecular flexibility index (Phi) is 4.74. The van der Waals surface area contributed by atoms with Gasteiger partial charge in [-0.25, -0.2) is 14.1 Å². The lowest BCUT2D eigenvalue weighted by Crippen LogP contribution is -2.21. The third-order valence-corrected chi connectivity index (χ3v) is 5.06. The topological polar surface area (TPSA) is 135 Å². The fourth-order valence-electron chi connectivity index (χ4n) is 3.35. The summed E-state index contributed by atoms with van der Waals surface area (Å²) in [7, 11) is 0. The number of nitro groups is 1. The quantitative estimate of drug-likeness (QED) is 0.296. The fourth-order valence-corrected chi connectivity index (χ4v) is 3.35. The summed E-state index contributed by atoms with van der Waals surface area (Å²) in [4.78, 5) is 32.3. The number of hydrogen-bond donors (Lipinski definition) is 0. The molecule has 0 atom stereocenters. The first kappa shape index (κ1) is 20.2. The molecule has 5 aromatic rings. The van der Waals surface area contributed by atoms with Gasteiger partial charge in [0.25, 0.3) is 11.2 Å². The minimum Gasteiger partial charge on any atom is -0.337 e. The lowest BCUT2D eigenvalue weighted by atomic mass is 10.1. The average molecular weight is 447 g/mol. The Morgan fingerprint density at radius 3 is 2.82 bits per heavy atom. The molecule has 12 heteroatoms. The predicted molar refractivity (Wildman–Crippen MR) is 113 cm³/mol. The van der Waals surface area contributed by atoms with Crippen LogP contribution >= 0.6 is 0 Å². The maximum Gasteiger partial charge on any atom is 0.294 e. The van der Waals surface area contributed by atoms with Crippen molar-refractivity contribution in [3.8, 4) is 17.1 Å². The molecule has 0 saturated carbocycles. The van der Waals surface area contributed by atoms with Gasteiger partial charge in [0.2, 0.25) is 11.7 Å². The fraction of sp³-hybridized carbons (Fsp3) is 0.0952. The van der Waals surface area contributed by atoms with Gasteiger partial charge in [0.15, 0.2) is 5.65 Å². The van der Waals surface area contributed by atoms with Crippen LogP contribution in [0.2, 0.25) is 0 Å². The molecule has 5 rings (SSSR count). The van der Waals surface area contributed by atoms with Crippen LogP contribution in [0, 0.1) is 22.9 Å². The molecule has 164 valence electrons. The van der Waals surface area contributed by atoms with E-state index in [2.05, 4.69) is 20.2 Å². The highest BCUT2D eigenvalue weighted by Crippen LogP contribution is 2.24. The second kappa shape index (κ2) is 7.75. The van der Waals surface area contributed by atoms with Gasteiger partial charge in [-0.2, -0.15) is 10.1 Å². The first-order valence-corrected chi connectivity index (χ1v) is 9.68. The van der Waals surface area contributed by atoms with E-state index in [1.54, 1.807) is 25.1 Å². The summed E-state index contributed by atoms with van der Waals surface area (Å²) < 4.78 is 21.5. The van der Waals surface area contributed by atoms with E-state index < -0.39 is 10.5 Å². The zero-order chi connectivity index (χ0) is 23.1. The van der Waals surface area contributed by atoms with E-state index in [-0.39, 0.29) is 46.5 Å². The number of aryl methyl sites for hydroxylation is 1. The van der Waals surface area contributed by atoms with Crippen molar-refractivity contribution in [3.63, 3.8) is 0 Å². The Hall–Kier alpha value is -4.74. The largest absolute Gasteiger partial charge is 0.337 e. The van der Waals surface area contributed by atoms with Gasteiger partial charge in [-0.05, 0) is 24.6 Å². The summed E-state index contributed by atoms with van der Waals surface area (Å²) in [5, 5.41) is 19.5. The zero-order valence-electron chi connectivity index (χ0n) is 17.0. The van der Waals surface area contributed by atoms with E-state index in [4.69, 9.17) is 4.52 Å². The van der Waals surface area contributed by atoms with E-state index in [0.717, 1.165) is 0 Å². The van der Waals surface area contributed by atoms with Crippen molar-refractivity contribution in [1.82, 2.24) is 29.5 Å². The van der Waals surface area contributed by atoms with Gasteiger partial charge >= 0.3 is 0 Å². The number of nitrogens with zero attached hydrogens (tertiary/aromatic N) is 7. The van der Waals surface area contributed by atoms with Crippen LogP contribution in [0.3, 0.4) is 0 Å². The first-order valence-electron chi connectivity index (χ1n) is 9.68. The van der Waals surface area contributed by atoms with Crippen molar-refractivity contribution in [2.75, 3.05) is 0 Å². The van der Waals surface area contributed by atoms with E-state index in [1.807, 2.05) is 0 Å². The van der Waals surface area contributed by atoms with Gasteiger partial charge in [-0.3, -0.25) is 19.5 Å². The molecule has 3 aromatic heterocycles. The van der Waals surface area contributed by atoms with E-state index in [0.29, 0.717) is 11.1 Å². The van der Waals surface area contributed by atoms with Gasteiger partial charge in [0, 0.05) is 11.6 Å². The molecule has 0 bridgehead atoms. The van der Waals surface area contributed by atoms with Gasteiger partial charge in [-0.15, -0.1) is 0 Å². The van der Waals surface area contributed by atoms with Crippen molar-refractivity contribution in [3.05, 3.63) is 92.7 Å². The summed E-state index contributed by atoms with van der Waals surface area (Å²) in [6.45, 7) is 1.58. The van der Waals surface area contributed by atoms with Gasteiger partial charge in [-0.1, -0.05) is 29.4 Å². The Bertz CT molecular complexity index is 1590. The molecule has 0 aliphatic rings. The molecule has 11 nitrogen and oxygen atoms in total. The summed E-state index contributed by atoms with van der Waals surface area (Å²) in [5.74, 6) is -0.0732. The number of halogens is 1. The molecule has 3 heterocycles. The number of fused-ring (bicyclic) bond motifs is 1. The summed E-state index contributed by atoms with van der Waals surface area (Å²) in [6, 6.07) is 10.6. The molecule has 0 aliphatic heterocycles. The number of nitro benzene ring substituents is 1. The van der Waals surface area contributed by atoms with Crippen molar-refractivity contribution in [2.24, 2.45) is 0 Å². The maximum absolute atomic E-state index is 13.8. The Labute approximate surface area is 183 Å². The van der Waals surface area contributed by atoms with Crippen LogP contribution in [-0.4, -0.2) is 34.4 Å². The monoisotopic (exact) mass is 447 g/mol.